The van der Waals surface area contributed by atoms with Crippen molar-refractivity contribution in [3.8, 4) is 17.2 Å². The van der Waals surface area contributed by atoms with Crippen molar-refractivity contribution in [2.45, 2.75) is 46.1 Å². The van der Waals surface area contributed by atoms with Crippen LogP contribution in [-0.2, 0) is 16.1 Å². The second-order valence-electron chi connectivity index (χ2n) is 8.85. The quantitative estimate of drug-likeness (QED) is 0.444. The molecule has 7 nitrogen and oxygen atoms in total. The third-order valence-electron chi connectivity index (χ3n) is 6.17. The average Bonchev–Trinajstić information content (AvgIpc) is 2.90. The zero-order valence-electron chi connectivity index (χ0n) is 21.2. The molecule has 1 saturated heterocycles. The van der Waals surface area contributed by atoms with Gasteiger partial charge in [-0.3, -0.25) is 9.59 Å². The lowest BCUT2D eigenvalue weighted by atomic mass is 9.94. The number of rotatable bonds is 12. The lowest BCUT2D eigenvalue weighted by Crippen LogP contribution is -2.45. The fourth-order valence-corrected chi connectivity index (χ4v) is 4.29. The van der Waals surface area contributed by atoms with E-state index in [2.05, 4.69) is 13.8 Å². The Hall–Kier alpha value is -3.22. The van der Waals surface area contributed by atoms with Crippen LogP contribution in [0.2, 0.25) is 0 Å². The van der Waals surface area contributed by atoms with Gasteiger partial charge < -0.3 is 24.0 Å². The number of methoxy groups -OCH3 is 1. The van der Waals surface area contributed by atoms with Gasteiger partial charge in [0.15, 0.2) is 18.1 Å². The maximum absolute atomic E-state index is 13.4. The van der Waals surface area contributed by atoms with E-state index in [9.17, 15) is 9.59 Å². The van der Waals surface area contributed by atoms with Gasteiger partial charge in [-0.25, -0.2) is 0 Å². The molecule has 0 saturated carbocycles. The summed E-state index contributed by atoms with van der Waals surface area (Å²) in [5.74, 6) is 2.13. The number of nitrogens with zero attached hydrogens (tertiary/aromatic N) is 2. The Balaban J connectivity index is 1.54. The minimum absolute atomic E-state index is 0.0182. The van der Waals surface area contributed by atoms with E-state index < -0.39 is 0 Å². The van der Waals surface area contributed by atoms with Crippen LogP contribution in [0.3, 0.4) is 0 Å². The Morgan fingerprint density at radius 3 is 2.37 bits per heavy atom. The lowest BCUT2D eigenvalue weighted by molar-refractivity contribution is -0.142. The van der Waals surface area contributed by atoms with E-state index in [0.717, 1.165) is 24.2 Å². The van der Waals surface area contributed by atoms with Gasteiger partial charge in [0.05, 0.1) is 13.7 Å². The predicted octanol–water partition coefficient (Wildman–Crippen LogP) is 4.54. The second kappa shape index (κ2) is 13.6. The molecule has 35 heavy (non-hydrogen) atoms. The van der Waals surface area contributed by atoms with Crippen molar-refractivity contribution in [1.82, 2.24) is 9.80 Å². The van der Waals surface area contributed by atoms with Crippen molar-refractivity contribution in [3.05, 3.63) is 54.1 Å². The van der Waals surface area contributed by atoms with E-state index in [0.29, 0.717) is 57.1 Å². The van der Waals surface area contributed by atoms with Crippen LogP contribution in [0.4, 0.5) is 0 Å². The van der Waals surface area contributed by atoms with Crippen molar-refractivity contribution >= 4 is 11.8 Å². The molecular formula is C28H38N2O5. The van der Waals surface area contributed by atoms with Crippen LogP contribution >= 0.6 is 0 Å². The molecule has 0 N–H and O–H groups in total. The summed E-state index contributed by atoms with van der Waals surface area (Å²) in [4.78, 5) is 29.7. The lowest BCUT2D eigenvalue weighted by Gasteiger charge is -2.34. The number of amides is 2. The fourth-order valence-electron chi connectivity index (χ4n) is 4.29. The SMILES string of the molecule is CCCOc1ccc(CN(CCC)C(=O)C2CCN(C(=O)COc3ccccc3)CC2)cc1OC. The van der Waals surface area contributed by atoms with Crippen LogP contribution in [0.1, 0.15) is 45.1 Å². The highest BCUT2D eigenvalue weighted by Crippen LogP contribution is 2.29. The number of para-hydroxylation sites is 1. The number of ether oxygens (including phenoxy) is 3. The summed E-state index contributed by atoms with van der Waals surface area (Å²) in [6.07, 6.45) is 3.15. The molecule has 0 radical (unpaired) electrons. The van der Waals surface area contributed by atoms with Crippen LogP contribution in [0.5, 0.6) is 17.2 Å². The summed E-state index contributed by atoms with van der Waals surface area (Å²) in [5, 5.41) is 0. The van der Waals surface area contributed by atoms with Crippen LogP contribution in [0, 0.1) is 5.92 Å². The number of piperidine rings is 1. The van der Waals surface area contributed by atoms with Gasteiger partial charge in [0.1, 0.15) is 5.75 Å². The number of likely N-dealkylation sites (tertiary alicyclic amines) is 1. The van der Waals surface area contributed by atoms with Crippen molar-refractivity contribution < 1.29 is 23.8 Å². The highest BCUT2D eigenvalue weighted by molar-refractivity contribution is 5.80. The van der Waals surface area contributed by atoms with Crippen molar-refractivity contribution in [3.63, 3.8) is 0 Å². The molecule has 0 bridgehead atoms. The molecule has 3 rings (SSSR count). The smallest absolute Gasteiger partial charge is 0.260 e. The highest BCUT2D eigenvalue weighted by atomic mass is 16.5. The van der Waals surface area contributed by atoms with Gasteiger partial charge in [-0.2, -0.15) is 0 Å². The molecule has 1 aliphatic heterocycles. The standard InChI is InChI=1S/C28H38N2O5/c1-4-15-30(20-22-11-12-25(34-18-5-2)26(19-22)33-3)28(32)23-13-16-29(17-14-23)27(31)21-35-24-9-7-6-8-10-24/h6-12,19,23H,4-5,13-18,20-21H2,1-3H3. The number of carbonyl (C=O) groups is 2. The minimum Gasteiger partial charge on any atom is -0.493 e. The molecule has 2 amide bonds. The van der Waals surface area contributed by atoms with Gasteiger partial charge in [0, 0.05) is 32.1 Å². The van der Waals surface area contributed by atoms with Crippen molar-refractivity contribution in [1.29, 1.82) is 0 Å². The van der Waals surface area contributed by atoms with Gasteiger partial charge in [-0.15, -0.1) is 0 Å². The van der Waals surface area contributed by atoms with E-state index in [-0.39, 0.29) is 24.3 Å². The first-order chi connectivity index (χ1) is 17.0. The molecule has 1 aliphatic rings. The Morgan fingerprint density at radius 1 is 0.971 bits per heavy atom. The van der Waals surface area contributed by atoms with Gasteiger partial charge in [0.2, 0.25) is 5.91 Å². The minimum atomic E-state index is -0.0744. The Morgan fingerprint density at radius 2 is 1.71 bits per heavy atom. The van der Waals surface area contributed by atoms with Crippen LogP contribution < -0.4 is 14.2 Å². The van der Waals surface area contributed by atoms with Crippen LogP contribution in [-0.4, -0.2) is 61.6 Å². The molecule has 0 aliphatic carbocycles. The fraction of sp³-hybridized carbons (Fsp3) is 0.500. The summed E-state index contributed by atoms with van der Waals surface area (Å²) in [6, 6.07) is 15.2. The van der Waals surface area contributed by atoms with E-state index in [1.54, 1.807) is 12.0 Å². The summed E-state index contributed by atoms with van der Waals surface area (Å²) in [6.45, 7) is 7.17. The number of benzene rings is 2. The Kier molecular flexibility index (Phi) is 10.3. The molecule has 0 unspecified atom stereocenters. The van der Waals surface area contributed by atoms with Crippen LogP contribution in [0.25, 0.3) is 0 Å². The molecule has 2 aromatic carbocycles. The summed E-state index contributed by atoms with van der Waals surface area (Å²) in [7, 11) is 1.63. The molecule has 0 atom stereocenters. The zero-order valence-corrected chi connectivity index (χ0v) is 21.2. The van der Waals surface area contributed by atoms with E-state index in [1.807, 2.05) is 53.4 Å². The van der Waals surface area contributed by atoms with E-state index in [4.69, 9.17) is 14.2 Å². The average molecular weight is 483 g/mol. The number of hydrogen-bond donors (Lipinski definition) is 0. The molecule has 0 spiro atoms. The molecule has 190 valence electrons. The highest BCUT2D eigenvalue weighted by Gasteiger charge is 2.30. The molecular weight excluding hydrogens is 444 g/mol. The third kappa shape index (κ3) is 7.64. The normalized spacial score (nSPS) is 13.9. The van der Waals surface area contributed by atoms with Gasteiger partial charge in [-0.1, -0.05) is 38.1 Å². The van der Waals surface area contributed by atoms with Crippen molar-refractivity contribution in [2.24, 2.45) is 5.92 Å². The second-order valence-corrected chi connectivity index (χ2v) is 8.85. The van der Waals surface area contributed by atoms with Gasteiger partial charge in [0.25, 0.3) is 5.91 Å². The monoisotopic (exact) mass is 482 g/mol. The largest absolute Gasteiger partial charge is 0.493 e. The predicted molar refractivity (Wildman–Crippen MR) is 136 cm³/mol. The number of carbonyl (C=O) groups excluding carboxylic acids is 2. The summed E-state index contributed by atoms with van der Waals surface area (Å²) >= 11 is 0. The summed E-state index contributed by atoms with van der Waals surface area (Å²) in [5.41, 5.74) is 1.01. The third-order valence-corrected chi connectivity index (χ3v) is 6.17. The first kappa shape index (κ1) is 26.4. The molecule has 7 heteroatoms. The maximum atomic E-state index is 13.4. The molecule has 1 heterocycles. The molecule has 0 aromatic heterocycles. The van der Waals surface area contributed by atoms with Crippen molar-refractivity contribution in [2.75, 3.05) is 40.0 Å². The Bertz CT molecular complexity index is 942. The zero-order chi connectivity index (χ0) is 25.0. The van der Waals surface area contributed by atoms with Gasteiger partial charge >= 0.3 is 0 Å². The first-order valence-corrected chi connectivity index (χ1v) is 12.6. The molecule has 1 fully saturated rings. The van der Waals surface area contributed by atoms with E-state index in [1.165, 1.54) is 0 Å². The topological polar surface area (TPSA) is 68.3 Å². The summed E-state index contributed by atoms with van der Waals surface area (Å²) < 4.78 is 16.9. The van der Waals surface area contributed by atoms with Gasteiger partial charge in [-0.05, 0) is 55.5 Å². The van der Waals surface area contributed by atoms with Crippen LogP contribution in [0.15, 0.2) is 48.5 Å². The van der Waals surface area contributed by atoms with E-state index >= 15 is 0 Å². The Labute approximate surface area is 209 Å². The maximum Gasteiger partial charge on any atom is 0.260 e. The first-order valence-electron chi connectivity index (χ1n) is 12.6. The molecule has 2 aromatic rings. The number of hydrogen-bond acceptors (Lipinski definition) is 5.